The van der Waals surface area contributed by atoms with Gasteiger partial charge >= 0.3 is 0 Å². The zero-order valence-corrected chi connectivity index (χ0v) is 11.8. The van der Waals surface area contributed by atoms with Crippen LogP contribution in [0.15, 0.2) is 30.3 Å². The number of rotatable bonds is 7. The van der Waals surface area contributed by atoms with Crippen molar-refractivity contribution in [3.05, 3.63) is 35.9 Å². The van der Waals surface area contributed by atoms with Crippen molar-refractivity contribution in [1.82, 2.24) is 9.80 Å². The maximum atomic E-state index is 12.0. The first-order valence-electron chi connectivity index (χ1n) is 7.25. The molecule has 0 bridgehead atoms. The van der Waals surface area contributed by atoms with Gasteiger partial charge in [0.15, 0.2) is 5.78 Å². The summed E-state index contributed by atoms with van der Waals surface area (Å²) in [5, 5.41) is 0. The molecule has 19 heavy (non-hydrogen) atoms. The van der Waals surface area contributed by atoms with E-state index in [9.17, 15) is 4.79 Å². The predicted molar refractivity (Wildman–Crippen MR) is 78.6 cm³/mol. The lowest BCUT2D eigenvalue weighted by Gasteiger charge is -2.20. The molecular formula is C16H24N2O. The summed E-state index contributed by atoms with van der Waals surface area (Å²) in [6, 6.07) is 9.58. The SMILES string of the molecule is CN(CCC(=O)c1ccccc1)CCN1CCCC1. The molecule has 0 N–H and O–H groups in total. The van der Waals surface area contributed by atoms with Crippen molar-refractivity contribution in [2.24, 2.45) is 0 Å². The molecule has 1 heterocycles. The predicted octanol–water partition coefficient (Wildman–Crippen LogP) is 2.29. The minimum atomic E-state index is 0.244. The molecule has 0 radical (unpaired) electrons. The van der Waals surface area contributed by atoms with Gasteiger partial charge in [-0.25, -0.2) is 0 Å². The summed E-state index contributed by atoms with van der Waals surface area (Å²) >= 11 is 0. The summed E-state index contributed by atoms with van der Waals surface area (Å²) < 4.78 is 0. The molecule has 0 spiro atoms. The molecule has 1 aliphatic heterocycles. The van der Waals surface area contributed by atoms with Gasteiger partial charge < -0.3 is 9.80 Å². The first-order valence-corrected chi connectivity index (χ1v) is 7.25. The van der Waals surface area contributed by atoms with Gasteiger partial charge in [-0.3, -0.25) is 4.79 Å². The van der Waals surface area contributed by atoms with Crippen LogP contribution < -0.4 is 0 Å². The monoisotopic (exact) mass is 260 g/mol. The van der Waals surface area contributed by atoms with E-state index in [1.807, 2.05) is 30.3 Å². The highest BCUT2D eigenvalue weighted by Crippen LogP contribution is 2.07. The second kappa shape index (κ2) is 7.41. The van der Waals surface area contributed by atoms with E-state index in [1.165, 1.54) is 25.9 Å². The zero-order valence-electron chi connectivity index (χ0n) is 11.8. The van der Waals surface area contributed by atoms with Crippen LogP contribution in [-0.2, 0) is 0 Å². The minimum Gasteiger partial charge on any atom is -0.305 e. The fourth-order valence-electron chi connectivity index (χ4n) is 2.49. The Morgan fingerprint density at radius 1 is 1.16 bits per heavy atom. The normalized spacial score (nSPS) is 16.1. The second-order valence-corrected chi connectivity index (χ2v) is 5.39. The van der Waals surface area contributed by atoms with Crippen LogP contribution >= 0.6 is 0 Å². The number of nitrogens with zero attached hydrogens (tertiary/aromatic N) is 2. The van der Waals surface area contributed by atoms with Gasteiger partial charge in [-0.15, -0.1) is 0 Å². The lowest BCUT2D eigenvalue weighted by Crippen LogP contribution is -2.32. The summed E-state index contributed by atoms with van der Waals surface area (Å²) in [7, 11) is 2.11. The molecule has 0 saturated carbocycles. The smallest absolute Gasteiger partial charge is 0.164 e. The highest BCUT2D eigenvalue weighted by molar-refractivity contribution is 5.96. The van der Waals surface area contributed by atoms with E-state index in [0.717, 1.165) is 25.2 Å². The van der Waals surface area contributed by atoms with E-state index in [4.69, 9.17) is 0 Å². The van der Waals surface area contributed by atoms with Crippen LogP contribution in [0.3, 0.4) is 0 Å². The summed E-state index contributed by atoms with van der Waals surface area (Å²) in [6.07, 6.45) is 3.30. The molecule has 0 amide bonds. The zero-order chi connectivity index (χ0) is 13.5. The van der Waals surface area contributed by atoms with Crippen LogP contribution in [0, 0.1) is 0 Å². The fraction of sp³-hybridized carbons (Fsp3) is 0.562. The maximum absolute atomic E-state index is 12.0. The number of Topliss-reactive ketones (excluding diaryl/α,β-unsaturated/α-hetero) is 1. The lowest BCUT2D eigenvalue weighted by atomic mass is 10.1. The lowest BCUT2D eigenvalue weighted by molar-refractivity contribution is 0.0967. The third kappa shape index (κ3) is 4.77. The number of carbonyl (C=O) groups is 1. The molecule has 1 aromatic rings. The van der Waals surface area contributed by atoms with E-state index in [2.05, 4.69) is 16.8 Å². The highest BCUT2D eigenvalue weighted by Gasteiger charge is 2.12. The van der Waals surface area contributed by atoms with Crippen LogP contribution in [0.2, 0.25) is 0 Å². The summed E-state index contributed by atoms with van der Waals surface area (Å²) in [5.41, 5.74) is 0.829. The molecule has 0 aromatic heterocycles. The van der Waals surface area contributed by atoms with Crippen LogP contribution in [0.4, 0.5) is 0 Å². The molecule has 0 unspecified atom stereocenters. The van der Waals surface area contributed by atoms with E-state index < -0.39 is 0 Å². The Labute approximate surface area is 116 Å². The fourth-order valence-corrected chi connectivity index (χ4v) is 2.49. The van der Waals surface area contributed by atoms with Crippen molar-refractivity contribution in [2.45, 2.75) is 19.3 Å². The maximum Gasteiger partial charge on any atom is 0.164 e. The number of hydrogen-bond acceptors (Lipinski definition) is 3. The van der Waals surface area contributed by atoms with Gasteiger partial charge in [0.25, 0.3) is 0 Å². The van der Waals surface area contributed by atoms with Gasteiger partial charge in [0.1, 0.15) is 0 Å². The van der Waals surface area contributed by atoms with Gasteiger partial charge in [0, 0.05) is 31.6 Å². The van der Waals surface area contributed by atoms with Crippen molar-refractivity contribution in [2.75, 3.05) is 39.8 Å². The van der Waals surface area contributed by atoms with Crippen LogP contribution in [0.5, 0.6) is 0 Å². The number of likely N-dealkylation sites (N-methyl/N-ethyl adjacent to an activating group) is 1. The van der Waals surface area contributed by atoms with Gasteiger partial charge in [-0.1, -0.05) is 30.3 Å². The topological polar surface area (TPSA) is 23.6 Å². The van der Waals surface area contributed by atoms with E-state index in [1.54, 1.807) is 0 Å². The largest absolute Gasteiger partial charge is 0.305 e. The molecule has 1 saturated heterocycles. The molecule has 1 aromatic carbocycles. The van der Waals surface area contributed by atoms with Crippen LogP contribution in [-0.4, -0.2) is 55.4 Å². The van der Waals surface area contributed by atoms with Crippen molar-refractivity contribution in [1.29, 1.82) is 0 Å². The number of benzene rings is 1. The minimum absolute atomic E-state index is 0.244. The van der Waals surface area contributed by atoms with Crippen molar-refractivity contribution in [3.8, 4) is 0 Å². The second-order valence-electron chi connectivity index (χ2n) is 5.39. The Hall–Kier alpha value is -1.19. The number of ketones is 1. The molecule has 2 rings (SSSR count). The average molecular weight is 260 g/mol. The van der Waals surface area contributed by atoms with Gasteiger partial charge in [-0.2, -0.15) is 0 Å². The molecular weight excluding hydrogens is 236 g/mol. The molecule has 3 nitrogen and oxygen atoms in total. The third-order valence-corrected chi connectivity index (χ3v) is 3.81. The Morgan fingerprint density at radius 2 is 1.84 bits per heavy atom. The molecule has 1 fully saturated rings. The Kier molecular flexibility index (Phi) is 5.55. The quantitative estimate of drug-likeness (QED) is 0.703. The summed E-state index contributed by atoms with van der Waals surface area (Å²) in [4.78, 5) is 16.7. The standard InChI is InChI=1S/C16H24N2O/c1-17(13-14-18-10-5-6-11-18)12-9-16(19)15-7-3-2-4-8-15/h2-4,7-8H,5-6,9-14H2,1H3. The Balaban J connectivity index is 1.65. The van der Waals surface area contributed by atoms with Gasteiger partial charge in [0.2, 0.25) is 0 Å². The van der Waals surface area contributed by atoms with Crippen molar-refractivity contribution in [3.63, 3.8) is 0 Å². The van der Waals surface area contributed by atoms with Gasteiger partial charge in [0.05, 0.1) is 0 Å². The number of likely N-dealkylation sites (tertiary alicyclic amines) is 1. The van der Waals surface area contributed by atoms with E-state index >= 15 is 0 Å². The molecule has 0 atom stereocenters. The van der Waals surface area contributed by atoms with E-state index in [0.29, 0.717) is 6.42 Å². The molecule has 1 aliphatic rings. The Morgan fingerprint density at radius 3 is 2.53 bits per heavy atom. The van der Waals surface area contributed by atoms with Crippen LogP contribution in [0.1, 0.15) is 29.6 Å². The third-order valence-electron chi connectivity index (χ3n) is 3.81. The molecule has 3 heteroatoms. The highest BCUT2D eigenvalue weighted by atomic mass is 16.1. The Bertz CT molecular complexity index is 385. The number of hydrogen-bond donors (Lipinski definition) is 0. The summed E-state index contributed by atoms with van der Waals surface area (Å²) in [5.74, 6) is 0.244. The average Bonchev–Trinajstić information content (AvgIpc) is 2.96. The molecule has 104 valence electrons. The number of carbonyl (C=O) groups excluding carboxylic acids is 1. The first kappa shape index (κ1) is 14.2. The summed E-state index contributed by atoms with van der Waals surface area (Å²) in [6.45, 7) is 5.53. The van der Waals surface area contributed by atoms with E-state index in [-0.39, 0.29) is 5.78 Å². The van der Waals surface area contributed by atoms with Crippen molar-refractivity contribution < 1.29 is 4.79 Å². The van der Waals surface area contributed by atoms with Crippen molar-refractivity contribution >= 4 is 5.78 Å². The van der Waals surface area contributed by atoms with Gasteiger partial charge in [-0.05, 0) is 33.0 Å². The molecule has 0 aliphatic carbocycles. The first-order chi connectivity index (χ1) is 9.25. The van der Waals surface area contributed by atoms with Crippen LogP contribution in [0.25, 0.3) is 0 Å².